The molecular weight excluding hydrogens is 244 g/mol. The number of piperazine rings is 1. The molecule has 0 amide bonds. The Morgan fingerprint density at radius 1 is 1.17 bits per heavy atom. The van der Waals surface area contributed by atoms with Gasteiger partial charge in [-0.2, -0.15) is 0 Å². The second-order valence-electron chi connectivity index (χ2n) is 5.43. The maximum absolute atomic E-state index is 5.94. The van der Waals surface area contributed by atoms with Crippen molar-refractivity contribution in [2.45, 2.75) is 26.3 Å². The highest BCUT2D eigenvalue weighted by Gasteiger charge is 2.23. The Bertz CT molecular complexity index is 355. The van der Waals surface area contributed by atoms with Gasteiger partial charge in [-0.1, -0.05) is 37.6 Å². The molecule has 18 heavy (non-hydrogen) atoms. The summed E-state index contributed by atoms with van der Waals surface area (Å²) in [6, 6.07) is 8.92. The van der Waals surface area contributed by atoms with Crippen molar-refractivity contribution in [1.82, 2.24) is 10.2 Å². The minimum absolute atomic E-state index is 0.633. The van der Waals surface area contributed by atoms with Gasteiger partial charge in [0.25, 0.3) is 0 Å². The van der Waals surface area contributed by atoms with E-state index in [0.717, 1.165) is 37.6 Å². The molecule has 2 rings (SSSR count). The minimum Gasteiger partial charge on any atom is -0.314 e. The van der Waals surface area contributed by atoms with Gasteiger partial charge in [0.1, 0.15) is 0 Å². The molecule has 0 aliphatic carbocycles. The predicted molar refractivity (Wildman–Crippen MR) is 78.2 cm³/mol. The highest BCUT2D eigenvalue weighted by atomic mass is 35.5. The molecule has 1 heterocycles. The molecule has 1 N–H and O–H groups in total. The van der Waals surface area contributed by atoms with Crippen LogP contribution in [-0.2, 0) is 6.42 Å². The normalized spacial score (nSPS) is 19.1. The first-order chi connectivity index (χ1) is 8.66. The summed E-state index contributed by atoms with van der Waals surface area (Å²) in [5, 5.41) is 4.24. The average Bonchev–Trinajstić information content (AvgIpc) is 2.38. The third-order valence-corrected chi connectivity index (χ3v) is 4.00. The first kappa shape index (κ1) is 13.9. The summed E-state index contributed by atoms with van der Waals surface area (Å²) in [4.78, 5) is 2.62. The summed E-state index contributed by atoms with van der Waals surface area (Å²) in [6.07, 6.45) is 1.12. The first-order valence-corrected chi connectivity index (χ1v) is 7.24. The van der Waals surface area contributed by atoms with E-state index in [1.807, 2.05) is 12.1 Å². The van der Waals surface area contributed by atoms with E-state index in [1.165, 1.54) is 5.56 Å². The monoisotopic (exact) mass is 266 g/mol. The maximum Gasteiger partial charge on any atom is 0.0406 e. The van der Waals surface area contributed by atoms with E-state index < -0.39 is 0 Å². The second-order valence-corrected chi connectivity index (χ2v) is 5.86. The Labute approximate surface area is 115 Å². The summed E-state index contributed by atoms with van der Waals surface area (Å²) < 4.78 is 0. The molecule has 100 valence electrons. The lowest BCUT2D eigenvalue weighted by molar-refractivity contribution is 0.136. The molecule has 0 bridgehead atoms. The zero-order valence-electron chi connectivity index (χ0n) is 11.3. The van der Waals surface area contributed by atoms with Crippen molar-refractivity contribution in [3.63, 3.8) is 0 Å². The molecular formula is C15H23ClN2. The van der Waals surface area contributed by atoms with Gasteiger partial charge in [0.05, 0.1) is 0 Å². The highest BCUT2D eigenvalue weighted by molar-refractivity contribution is 6.30. The highest BCUT2D eigenvalue weighted by Crippen LogP contribution is 2.18. The van der Waals surface area contributed by atoms with Gasteiger partial charge < -0.3 is 5.32 Å². The van der Waals surface area contributed by atoms with E-state index in [4.69, 9.17) is 11.6 Å². The summed E-state index contributed by atoms with van der Waals surface area (Å²) in [5.41, 5.74) is 1.39. The lowest BCUT2D eigenvalue weighted by atomic mass is 9.94. The van der Waals surface area contributed by atoms with Crippen molar-refractivity contribution in [2.24, 2.45) is 5.92 Å². The van der Waals surface area contributed by atoms with Crippen LogP contribution in [0.4, 0.5) is 0 Å². The summed E-state index contributed by atoms with van der Waals surface area (Å²) in [5.74, 6) is 0.679. The fraction of sp³-hybridized carbons (Fsp3) is 0.600. The molecule has 1 saturated heterocycles. The number of benzene rings is 1. The minimum atomic E-state index is 0.633. The molecule has 1 aromatic rings. The van der Waals surface area contributed by atoms with Gasteiger partial charge in [0, 0.05) is 37.2 Å². The number of hydrogen-bond acceptors (Lipinski definition) is 2. The molecule has 1 aromatic carbocycles. The molecule has 0 aromatic heterocycles. The van der Waals surface area contributed by atoms with E-state index in [0.29, 0.717) is 12.0 Å². The molecule has 1 unspecified atom stereocenters. The Morgan fingerprint density at radius 3 is 2.33 bits per heavy atom. The molecule has 1 atom stereocenters. The van der Waals surface area contributed by atoms with Crippen LogP contribution in [0.5, 0.6) is 0 Å². The van der Waals surface area contributed by atoms with Crippen LogP contribution < -0.4 is 5.32 Å². The van der Waals surface area contributed by atoms with Crippen LogP contribution in [0.25, 0.3) is 0 Å². The van der Waals surface area contributed by atoms with E-state index in [-0.39, 0.29) is 0 Å². The zero-order chi connectivity index (χ0) is 13.0. The second kappa shape index (κ2) is 6.55. The van der Waals surface area contributed by atoms with Crippen LogP contribution in [-0.4, -0.2) is 37.1 Å². The molecule has 0 spiro atoms. The Morgan fingerprint density at radius 2 is 1.78 bits per heavy atom. The number of halogens is 1. The number of nitrogens with one attached hydrogen (secondary N) is 1. The van der Waals surface area contributed by atoms with Crippen LogP contribution in [0.1, 0.15) is 19.4 Å². The van der Waals surface area contributed by atoms with Crippen molar-refractivity contribution >= 4 is 11.6 Å². The predicted octanol–water partition coefficient (Wildman–Crippen LogP) is 2.81. The van der Waals surface area contributed by atoms with Gasteiger partial charge in [-0.05, 0) is 30.0 Å². The van der Waals surface area contributed by atoms with Crippen molar-refractivity contribution in [1.29, 1.82) is 0 Å². The summed E-state index contributed by atoms with van der Waals surface area (Å²) in [6.45, 7) is 9.20. The van der Waals surface area contributed by atoms with E-state index in [1.54, 1.807) is 0 Å². The summed E-state index contributed by atoms with van der Waals surface area (Å²) in [7, 11) is 0. The van der Waals surface area contributed by atoms with E-state index in [9.17, 15) is 0 Å². The molecule has 1 aliphatic heterocycles. The standard InChI is InChI=1S/C15H23ClN2/c1-12(2)15(18-9-7-17-8-10-18)11-13-3-5-14(16)6-4-13/h3-6,12,15,17H,7-11H2,1-2H3. The third-order valence-electron chi connectivity index (χ3n) is 3.75. The van der Waals surface area contributed by atoms with Crippen LogP contribution in [0, 0.1) is 5.92 Å². The number of nitrogens with zero attached hydrogens (tertiary/aromatic N) is 1. The maximum atomic E-state index is 5.94. The van der Waals surface area contributed by atoms with Gasteiger partial charge >= 0.3 is 0 Å². The van der Waals surface area contributed by atoms with Crippen molar-refractivity contribution in [3.05, 3.63) is 34.9 Å². The third kappa shape index (κ3) is 3.71. The first-order valence-electron chi connectivity index (χ1n) is 6.86. The lowest BCUT2D eigenvalue weighted by Crippen LogP contribution is -2.50. The zero-order valence-corrected chi connectivity index (χ0v) is 12.1. The van der Waals surface area contributed by atoms with Crippen molar-refractivity contribution < 1.29 is 0 Å². The largest absolute Gasteiger partial charge is 0.314 e. The van der Waals surface area contributed by atoms with Crippen LogP contribution in [0.3, 0.4) is 0 Å². The van der Waals surface area contributed by atoms with Gasteiger partial charge in [-0.25, -0.2) is 0 Å². The molecule has 2 nitrogen and oxygen atoms in total. The van der Waals surface area contributed by atoms with Gasteiger partial charge in [-0.3, -0.25) is 4.90 Å². The van der Waals surface area contributed by atoms with Crippen LogP contribution in [0.2, 0.25) is 5.02 Å². The lowest BCUT2D eigenvalue weighted by Gasteiger charge is -2.37. The average molecular weight is 267 g/mol. The van der Waals surface area contributed by atoms with Gasteiger partial charge in [0.15, 0.2) is 0 Å². The van der Waals surface area contributed by atoms with Crippen LogP contribution >= 0.6 is 11.6 Å². The quantitative estimate of drug-likeness (QED) is 0.902. The fourth-order valence-electron chi connectivity index (χ4n) is 2.66. The SMILES string of the molecule is CC(C)C(Cc1ccc(Cl)cc1)N1CCNCC1. The topological polar surface area (TPSA) is 15.3 Å². The number of rotatable bonds is 4. The van der Waals surface area contributed by atoms with Crippen molar-refractivity contribution in [3.8, 4) is 0 Å². The van der Waals surface area contributed by atoms with Crippen molar-refractivity contribution in [2.75, 3.05) is 26.2 Å². The Hall–Kier alpha value is -0.570. The molecule has 0 saturated carbocycles. The fourth-order valence-corrected chi connectivity index (χ4v) is 2.79. The van der Waals surface area contributed by atoms with Gasteiger partial charge in [-0.15, -0.1) is 0 Å². The summed E-state index contributed by atoms with van der Waals surface area (Å²) >= 11 is 5.94. The molecule has 1 aliphatic rings. The molecule has 1 fully saturated rings. The Balaban J connectivity index is 2.03. The Kier molecular flexibility index (Phi) is 5.04. The molecule has 3 heteroatoms. The van der Waals surface area contributed by atoms with Crippen LogP contribution in [0.15, 0.2) is 24.3 Å². The van der Waals surface area contributed by atoms with Gasteiger partial charge in [0.2, 0.25) is 0 Å². The number of hydrogen-bond donors (Lipinski definition) is 1. The smallest absolute Gasteiger partial charge is 0.0406 e. The van der Waals surface area contributed by atoms with E-state index in [2.05, 4.69) is 36.2 Å². The van der Waals surface area contributed by atoms with E-state index >= 15 is 0 Å². The molecule has 0 radical (unpaired) electrons.